The summed E-state index contributed by atoms with van der Waals surface area (Å²) < 4.78 is 15.9. The average Bonchev–Trinajstić information content (AvgIpc) is 2.92. The topological polar surface area (TPSA) is 115 Å². The number of nitrogens with zero attached hydrogens (tertiary/aromatic N) is 3. The van der Waals surface area contributed by atoms with E-state index < -0.39 is 0 Å². The van der Waals surface area contributed by atoms with E-state index in [1.807, 2.05) is 36.4 Å². The predicted octanol–water partition coefficient (Wildman–Crippen LogP) is 3.55. The molecule has 0 spiro atoms. The minimum atomic E-state index is -0.229. The van der Waals surface area contributed by atoms with Gasteiger partial charge in [-0.2, -0.15) is 0 Å². The molecule has 0 saturated carbocycles. The zero-order chi connectivity index (χ0) is 25.2. The first kappa shape index (κ1) is 23.2. The molecule has 5 rings (SSSR count). The van der Waals surface area contributed by atoms with Crippen molar-refractivity contribution in [1.82, 2.24) is 9.97 Å². The fourth-order valence-electron chi connectivity index (χ4n) is 4.43. The highest BCUT2D eigenvalue weighted by molar-refractivity contribution is 5.99. The zero-order valence-electron chi connectivity index (χ0n) is 20.4. The number of aliphatic imine (C=N–C) groups is 1. The van der Waals surface area contributed by atoms with Crippen LogP contribution in [0.3, 0.4) is 0 Å². The molecule has 0 saturated heterocycles. The molecule has 1 aromatic heterocycles. The minimum absolute atomic E-state index is 0.229. The van der Waals surface area contributed by atoms with Crippen molar-refractivity contribution in [3.8, 4) is 17.2 Å². The van der Waals surface area contributed by atoms with E-state index >= 15 is 0 Å². The van der Waals surface area contributed by atoms with Crippen LogP contribution in [0.5, 0.6) is 17.2 Å². The number of amidine groups is 1. The van der Waals surface area contributed by atoms with Gasteiger partial charge in [0.1, 0.15) is 11.6 Å². The van der Waals surface area contributed by atoms with Crippen LogP contribution in [0.1, 0.15) is 16.7 Å². The minimum Gasteiger partial charge on any atom is -0.497 e. The van der Waals surface area contributed by atoms with Gasteiger partial charge in [-0.1, -0.05) is 12.1 Å². The summed E-state index contributed by atoms with van der Waals surface area (Å²) in [5, 5.41) is 0.444. The van der Waals surface area contributed by atoms with Crippen LogP contribution in [0, 0.1) is 0 Å². The third-order valence-corrected chi connectivity index (χ3v) is 6.37. The Morgan fingerprint density at radius 2 is 1.78 bits per heavy atom. The molecule has 0 radical (unpaired) electrons. The van der Waals surface area contributed by atoms with Gasteiger partial charge in [0.2, 0.25) is 5.95 Å². The van der Waals surface area contributed by atoms with Crippen molar-refractivity contribution >= 4 is 28.4 Å². The number of H-pyrrole nitrogens is 1. The predicted molar refractivity (Wildman–Crippen MR) is 140 cm³/mol. The van der Waals surface area contributed by atoms with Gasteiger partial charge in [0.25, 0.3) is 5.56 Å². The molecule has 9 nitrogen and oxygen atoms in total. The smallest absolute Gasteiger partial charge is 0.260 e. The largest absolute Gasteiger partial charge is 0.497 e. The number of hydrogen-bond donors (Lipinski definition) is 2. The standard InChI is InChI=1S/C27H27N5O4/c1-34-18-9-7-16(8-10-18)25(28)29-21-6-4-5-17-15-32(12-11-19(17)21)27-30-22-14-24(36-3)23(35-2)13-20(22)26(33)31-27/h4-10,13-14H,11-12,15H2,1-3H3,(H2,28,29)(H,30,31,33). The Balaban J connectivity index is 1.45. The van der Waals surface area contributed by atoms with E-state index in [1.54, 1.807) is 26.4 Å². The summed E-state index contributed by atoms with van der Waals surface area (Å²) in [7, 11) is 4.72. The molecule has 36 heavy (non-hydrogen) atoms. The van der Waals surface area contributed by atoms with Crippen molar-refractivity contribution < 1.29 is 14.2 Å². The van der Waals surface area contributed by atoms with E-state index in [2.05, 4.69) is 16.0 Å². The molecule has 0 bridgehead atoms. The van der Waals surface area contributed by atoms with E-state index in [0.717, 1.165) is 34.5 Å². The third-order valence-electron chi connectivity index (χ3n) is 6.37. The van der Waals surface area contributed by atoms with Crippen LogP contribution in [-0.4, -0.2) is 43.7 Å². The van der Waals surface area contributed by atoms with Crippen LogP contribution < -0.4 is 30.4 Å². The summed E-state index contributed by atoms with van der Waals surface area (Å²) in [5.41, 5.74) is 10.6. The Bertz CT molecular complexity index is 1510. The van der Waals surface area contributed by atoms with E-state index in [9.17, 15) is 4.79 Å². The van der Waals surface area contributed by atoms with Crippen LogP contribution in [0.25, 0.3) is 10.9 Å². The molecule has 1 aliphatic heterocycles. The summed E-state index contributed by atoms with van der Waals surface area (Å²) in [5.74, 6) is 2.73. The molecule has 0 fully saturated rings. The van der Waals surface area contributed by atoms with Crippen LogP contribution in [0.2, 0.25) is 0 Å². The van der Waals surface area contributed by atoms with Crippen LogP contribution in [-0.2, 0) is 13.0 Å². The Labute approximate surface area is 208 Å². The molecule has 0 unspecified atom stereocenters. The second kappa shape index (κ2) is 9.61. The average molecular weight is 486 g/mol. The number of ether oxygens (including phenoxy) is 3. The number of aromatic amines is 1. The lowest BCUT2D eigenvalue weighted by Gasteiger charge is -2.30. The first-order valence-corrected chi connectivity index (χ1v) is 11.5. The fourth-order valence-corrected chi connectivity index (χ4v) is 4.43. The first-order chi connectivity index (χ1) is 17.5. The van der Waals surface area contributed by atoms with Crippen molar-refractivity contribution in [1.29, 1.82) is 0 Å². The van der Waals surface area contributed by atoms with Crippen molar-refractivity contribution in [2.45, 2.75) is 13.0 Å². The van der Waals surface area contributed by atoms with Crippen LogP contribution in [0.15, 0.2) is 64.4 Å². The molecule has 0 amide bonds. The normalized spacial score (nSPS) is 13.4. The summed E-state index contributed by atoms with van der Waals surface area (Å²) in [4.78, 5) is 27.3. The lowest BCUT2D eigenvalue weighted by atomic mass is 9.98. The van der Waals surface area contributed by atoms with Crippen LogP contribution >= 0.6 is 0 Å². The summed E-state index contributed by atoms with van der Waals surface area (Å²) in [6.07, 6.45) is 0.735. The first-order valence-electron chi connectivity index (χ1n) is 11.5. The second-order valence-corrected chi connectivity index (χ2v) is 8.43. The van der Waals surface area contributed by atoms with Gasteiger partial charge >= 0.3 is 0 Å². The van der Waals surface area contributed by atoms with Gasteiger partial charge in [-0.05, 0) is 53.9 Å². The summed E-state index contributed by atoms with van der Waals surface area (Å²) in [6.45, 7) is 1.26. The molecule has 3 N–H and O–H groups in total. The van der Waals surface area contributed by atoms with E-state index in [1.165, 1.54) is 7.11 Å². The monoisotopic (exact) mass is 485 g/mol. The molecule has 0 aliphatic carbocycles. The molecule has 1 aliphatic rings. The third kappa shape index (κ3) is 4.31. The highest BCUT2D eigenvalue weighted by atomic mass is 16.5. The SMILES string of the molecule is COc1ccc(C(N)=Nc2cccc3c2CCN(c2nc4cc(OC)c(OC)cc4c(=O)[nH]2)C3)cc1. The highest BCUT2D eigenvalue weighted by Gasteiger charge is 2.22. The van der Waals surface area contributed by atoms with Crippen molar-refractivity contribution in [3.63, 3.8) is 0 Å². The zero-order valence-corrected chi connectivity index (χ0v) is 20.4. The van der Waals surface area contributed by atoms with Crippen molar-refractivity contribution in [2.75, 3.05) is 32.8 Å². The van der Waals surface area contributed by atoms with E-state index in [0.29, 0.717) is 47.3 Å². The molecule has 9 heteroatoms. The highest BCUT2D eigenvalue weighted by Crippen LogP contribution is 2.32. The molecule has 0 atom stereocenters. The van der Waals surface area contributed by atoms with Gasteiger partial charge < -0.3 is 24.8 Å². The van der Waals surface area contributed by atoms with Gasteiger partial charge in [-0.15, -0.1) is 0 Å². The quantitative estimate of drug-likeness (QED) is 0.317. The number of benzene rings is 3. The summed E-state index contributed by atoms with van der Waals surface area (Å²) in [6, 6.07) is 16.9. The van der Waals surface area contributed by atoms with Crippen LogP contribution in [0.4, 0.5) is 11.6 Å². The lowest BCUT2D eigenvalue weighted by molar-refractivity contribution is 0.355. The van der Waals surface area contributed by atoms with Gasteiger partial charge in [0.15, 0.2) is 11.5 Å². The fraction of sp³-hybridized carbons (Fsp3) is 0.222. The lowest BCUT2D eigenvalue weighted by Crippen LogP contribution is -2.33. The number of methoxy groups -OCH3 is 3. The second-order valence-electron chi connectivity index (χ2n) is 8.43. The number of hydrogen-bond acceptors (Lipinski definition) is 7. The number of anilines is 1. The van der Waals surface area contributed by atoms with Gasteiger partial charge in [-0.3, -0.25) is 9.78 Å². The number of rotatable bonds is 6. The number of fused-ring (bicyclic) bond motifs is 2. The molecule has 2 heterocycles. The van der Waals surface area contributed by atoms with Gasteiger partial charge in [0, 0.05) is 24.7 Å². The molecular formula is C27H27N5O4. The maximum atomic E-state index is 12.8. The Kier molecular flexibility index (Phi) is 6.20. The van der Waals surface area contributed by atoms with E-state index in [-0.39, 0.29) is 5.56 Å². The van der Waals surface area contributed by atoms with Gasteiger partial charge in [0.05, 0.1) is 37.9 Å². The Hall–Kier alpha value is -4.53. The molecule has 3 aromatic carbocycles. The van der Waals surface area contributed by atoms with E-state index in [4.69, 9.17) is 29.9 Å². The summed E-state index contributed by atoms with van der Waals surface area (Å²) >= 11 is 0. The molecular weight excluding hydrogens is 458 g/mol. The Morgan fingerprint density at radius 1 is 1.03 bits per heavy atom. The van der Waals surface area contributed by atoms with Crippen molar-refractivity contribution in [2.24, 2.45) is 10.7 Å². The molecule has 184 valence electrons. The maximum Gasteiger partial charge on any atom is 0.260 e. The number of nitrogens with one attached hydrogen (secondary N) is 1. The number of aromatic nitrogens is 2. The van der Waals surface area contributed by atoms with Crippen molar-refractivity contribution in [3.05, 3.63) is 81.6 Å². The number of nitrogens with two attached hydrogens (primary N) is 1. The molecule has 4 aromatic rings. The Morgan fingerprint density at radius 3 is 2.50 bits per heavy atom. The maximum absolute atomic E-state index is 12.8. The van der Waals surface area contributed by atoms with Gasteiger partial charge in [-0.25, -0.2) is 9.98 Å².